The predicted molar refractivity (Wildman–Crippen MR) is 106 cm³/mol. The molecule has 4 heterocycles. The highest BCUT2D eigenvalue weighted by Crippen LogP contribution is 2.29. The molecule has 3 atom stereocenters. The minimum absolute atomic E-state index is 0.153. The number of fused-ring (bicyclic) bond motifs is 3. The lowest BCUT2D eigenvalue weighted by molar-refractivity contribution is -0.159. The van der Waals surface area contributed by atoms with Crippen LogP contribution in [0.4, 0.5) is 0 Å². The molecular weight excluding hydrogens is 402 g/mol. The molecule has 0 bridgehead atoms. The number of aryl methyl sites for hydroxylation is 1. The fourth-order valence-electron chi connectivity index (χ4n) is 4.93. The van der Waals surface area contributed by atoms with E-state index in [9.17, 15) is 19.2 Å². The van der Waals surface area contributed by atoms with E-state index in [4.69, 9.17) is 4.74 Å². The molecule has 1 unspecified atom stereocenters. The van der Waals surface area contributed by atoms with Crippen molar-refractivity contribution < 1.29 is 23.9 Å². The van der Waals surface area contributed by atoms with E-state index >= 15 is 0 Å². The van der Waals surface area contributed by atoms with Gasteiger partial charge in [0.15, 0.2) is 6.04 Å². The van der Waals surface area contributed by atoms with Crippen molar-refractivity contribution in [3.63, 3.8) is 0 Å². The molecule has 2 saturated heterocycles. The van der Waals surface area contributed by atoms with Crippen molar-refractivity contribution in [1.29, 1.82) is 0 Å². The Balaban J connectivity index is 1.33. The van der Waals surface area contributed by atoms with Gasteiger partial charge in [-0.3, -0.25) is 24.3 Å². The molecule has 0 radical (unpaired) electrons. The highest BCUT2D eigenvalue weighted by atomic mass is 16.5. The fraction of sp³-hybridized carbons (Fsp3) is 0.571. The topological polar surface area (TPSA) is 125 Å². The monoisotopic (exact) mass is 427 g/mol. The lowest BCUT2D eigenvalue weighted by Crippen LogP contribution is -2.65. The van der Waals surface area contributed by atoms with Crippen LogP contribution in [0.5, 0.6) is 0 Å². The van der Waals surface area contributed by atoms with E-state index in [-0.39, 0.29) is 24.7 Å². The molecule has 2 fully saturated rings. The van der Waals surface area contributed by atoms with Crippen LogP contribution < -0.4 is 5.32 Å². The van der Waals surface area contributed by atoms with Crippen molar-refractivity contribution in [2.24, 2.45) is 0 Å². The lowest BCUT2D eigenvalue weighted by atomic mass is 9.93. The number of carbonyl (C=O) groups excluding carboxylic acids is 4. The molecule has 2 N–H and O–H groups in total. The van der Waals surface area contributed by atoms with Crippen LogP contribution in [0, 0.1) is 0 Å². The number of aromatic amines is 1. The van der Waals surface area contributed by atoms with Crippen LogP contribution >= 0.6 is 0 Å². The molecule has 4 aliphatic rings. The summed E-state index contributed by atoms with van der Waals surface area (Å²) >= 11 is 0. The van der Waals surface area contributed by atoms with Crippen LogP contribution in [0.15, 0.2) is 11.8 Å². The number of ether oxygens (including phenoxy) is 1. The van der Waals surface area contributed by atoms with Gasteiger partial charge in [0.2, 0.25) is 11.6 Å². The molecule has 2 amide bonds. The van der Waals surface area contributed by atoms with E-state index in [1.54, 1.807) is 0 Å². The Morgan fingerprint density at radius 2 is 2.06 bits per heavy atom. The van der Waals surface area contributed by atoms with Gasteiger partial charge in [0.05, 0.1) is 31.4 Å². The van der Waals surface area contributed by atoms with E-state index in [0.29, 0.717) is 6.61 Å². The van der Waals surface area contributed by atoms with Crippen LogP contribution in [0.3, 0.4) is 0 Å². The third-order valence-electron chi connectivity index (χ3n) is 6.57. The molecule has 10 heteroatoms. The van der Waals surface area contributed by atoms with Gasteiger partial charge in [-0.05, 0) is 38.2 Å². The molecule has 1 aromatic rings. The molecule has 1 aliphatic carbocycles. The van der Waals surface area contributed by atoms with Gasteiger partial charge < -0.3 is 19.9 Å². The zero-order valence-corrected chi connectivity index (χ0v) is 17.3. The van der Waals surface area contributed by atoms with Crippen molar-refractivity contribution in [3.05, 3.63) is 28.7 Å². The van der Waals surface area contributed by atoms with E-state index in [1.807, 2.05) is 6.92 Å². The zero-order chi connectivity index (χ0) is 21.7. The second-order valence-corrected chi connectivity index (χ2v) is 8.59. The van der Waals surface area contributed by atoms with Crippen LogP contribution in [0.1, 0.15) is 43.1 Å². The smallest absolute Gasteiger partial charge is 0.257 e. The summed E-state index contributed by atoms with van der Waals surface area (Å²) < 4.78 is 5.63. The van der Waals surface area contributed by atoms with Crippen LogP contribution in [0.25, 0.3) is 0 Å². The number of amides is 2. The molecule has 31 heavy (non-hydrogen) atoms. The number of rotatable bonds is 3. The van der Waals surface area contributed by atoms with Gasteiger partial charge in [0.25, 0.3) is 11.8 Å². The maximum atomic E-state index is 12.8. The largest absolute Gasteiger partial charge is 0.354 e. The molecule has 0 spiro atoms. The summed E-state index contributed by atoms with van der Waals surface area (Å²) in [6, 6.07) is -1.37. The number of carbonyl (C=O) groups is 4. The van der Waals surface area contributed by atoms with Gasteiger partial charge in [-0.25, -0.2) is 0 Å². The maximum absolute atomic E-state index is 12.8. The lowest BCUT2D eigenvalue weighted by Gasteiger charge is -2.43. The number of hydrogen-bond donors (Lipinski definition) is 2. The minimum atomic E-state index is -1.22. The van der Waals surface area contributed by atoms with Gasteiger partial charge in [0, 0.05) is 11.9 Å². The number of aromatic nitrogens is 2. The Morgan fingerprint density at radius 3 is 2.90 bits per heavy atom. The van der Waals surface area contributed by atoms with Crippen LogP contribution in [-0.4, -0.2) is 74.8 Å². The molecule has 164 valence electrons. The van der Waals surface area contributed by atoms with E-state index in [1.165, 1.54) is 16.0 Å². The average Bonchev–Trinajstić information content (AvgIpc) is 3.23. The summed E-state index contributed by atoms with van der Waals surface area (Å²) in [5, 5.41) is 10.1. The van der Waals surface area contributed by atoms with Gasteiger partial charge in [0.1, 0.15) is 11.8 Å². The third kappa shape index (κ3) is 3.25. The number of nitrogens with zero attached hydrogens (tertiary/aromatic N) is 3. The normalized spacial score (nSPS) is 28.0. The highest BCUT2D eigenvalue weighted by Gasteiger charge is 2.52. The second kappa shape index (κ2) is 7.60. The standard InChI is InChI=1S/C21H25N5O5/c1-11-10-31-16-9-25-8-13(18(27)19(28)17(25)21(30)26(11)16)20(29)22-7-15-12-5-3-2-4-6-14(12)23-24-15/h8,11,16-17H,2-7,9-10H2,1H3,(H,22,29)(H,23,24)/t11-,16+,17?/m0/s1. The van der Waals surface area contributed by atoms with Crippen LogP contribution in [-0.2, 0) is 43.3 Å². The third-order valence-corrected chi connectivity index (χ3v) is 6.57. The first-order chi connectivity index (χ1) is 15.0. The molecular formula is C21H25N5O5. The van der Waals surface area contributed by atoms with Crippen molar-refractivity contribution in [3.8, 4) is 0 Å². The summed E-state index contributed by atoms with van der Waals surface area (Å²) in [6.45, 7) is 2.63. The maximum Gasteiger partial charge on any atom is 0.257 e. The number of piperazine rings is 1. The van der Waals surface area contributed by atoms with Crippen LogP contribution in [0.2, 0.25) is 0 Å². The summed E-state index contributed by atoms with van der Waals surface area (Å²) in [5.74, 6) is -2.89. The summed E-state index contributed by atoms with van der Waals surface area (Å²) in [6.07, 6.45) is 6.05. The zero-order valence-electron chi connectivity index (χ0n) is 17.3. The summed E-state index contributed by atoms with van der Waals surface area (Å²) in [7, 11) is 0. The Morgan fingerprint density at radius 1 is 1.26 bits per heavy atom. The number of Topliss-reactive ketones (excluding diaryl/α,β-unsaturated/α-hetero) is 2. The first-order valence-corrected chi connectivity index (χ1v) is 10.8. The van der Waals surface area contributed by atoms with Gasteiger partial charge in [-0.2, -0.15) is 5.10 Å². The van der Waals surface area contributed by atoms with Crippen molar-refractivity contribution in [1.82, 2.24) is 25.3 Å². The Hall–Kier alpha value is -3.01. The van der Waals surface area contributed by atoms with Crippen molar-refractivity contribution in [2.45, 2.75) is 63.9 Å². The molecule has 0 aromatic carbocycles. The Bertz CT molecular complexity index is 998. The number of H-pyrrole nitrogens is 1. The van der Waals surface area contributed by atoms with E-state index < -0.39 is 35.7 Å². The predicted octanol–water partition coefficient (Wildman–Crippen LogP) is -0.412. The highest BCUT2D eigenvalue weighted by molar-refractivity contribution is 6.53. The van der Waals surface area contributed by atoms with Gasteiger partial charge in [-0.15, -0.1) is 0 Å². The van der Waals surface area contributed by atoms with E-state index in [0.717, 1.165) is 49.1 Å². The van der Waals surface area contributed by atoms with E-state index in [2.05, 4.69) is 15.5 Å². The fourth-order valence-corrected chi connectivity index (χ4v) is 4.93. The van der Waals surface area contributed by atoms with Gasteiger partial charge >= 0.3 is 0 Å². The number of ketones is 2. The summed E-state index contributed by atoms with van der Waals surface area (Å²) in [5.41, 5.74) is 2.74. The number of nitrogens with one attached hydrogen (secondary N) is 2. The van der Waals surface area contributed by atoms with Crippen molar-refractivity contribution in [2.75, 3.05) is 13.2 Å². The first kappa shape index (κ1) is 19.9. The number of hydrogen-bond acceptors (Lipinski definition) is 7. The van der Waals surface area contributed by atoms with Gasteiger partial charge in [-0.1, -0.05) is 6.42 Å². The van der Waals surface area contributed by atoms with Crippen molar-refractivity contribution >= 4 is 23.4 Å². The Labute approximate surface area is 179 Å². The molecule has 1 aromatic heterocycles. The molecule has 5 rings (SSSR count). The molecule has 3 aliphatic heterocycles. The molecule has 10 nitrogen and oxygen atoms in total. The quantitative estimate of drug-likeness (QED) is 0.291. The first-order valence-electron chi connectivity index (χ1n) is 10.8. The Kier molecular flexibility index (Phi) is 4.88. The minimum Gasteiger partial charge on any atom is -0.354 e. The average molecular weight is 427 g/mol. The summed E-state index contributed by atoms with van der Waals surface area (Å²) in [4.78, 5) is 54.0. The second-order valence-electron chi connectivity index (χ2n) is 8.59. The molecule has 0 saturated carbocycles. The SMILES string of the molecule is C[C@H]1CO[C@@H]2CN3C=C(C(=O)NCc4n[nH]c5c4CCCCC5)C(=O)C(=O)C3C(=O)N12.